The quantitative estimate of drug-likeness (QED) is 0.585. The molecule has 3 amide bonds. The number of rotatable bonds is 6. The first kappa shape index (κ1) is 20.5. The lowest BCUT2D eigenvalue weighted by Gasteiger charge is -2.28. The van der Waals surface area contributed by atoms with Crippen LogP contribution in [0.15, 0.2) is 30.5 Å². The molecule has 0 unspecified atom stereocenters. The normalized spacial score (nSPS) is 14.0. The van der Waals surface area contributed by atoms with Crippen LogP contribution in [0.1, 0.15) is 30.7 Å². The van der Waals surface area contributed by atoms with E-state index in [2.05, 4.69) is 25.9 Å². The Morgan fingerprint density at radius 2 is 2.17 bits per heavy atom. The molecule has 154 valence electrons. The lowest BCUT2D eigenvalue weighted by atomic mass is 10.1. The van der Waals surface area contributed by atoms with Crippen LogP contribution < -0.4 is 16.0 Å². The maximum absolute atomic E-state index is 12.6. The second-order valence-electron chi connectivity index (χ2n) is 7.11. The standard InChI is InChI=1S/C20H26N6O3/c1-13(12-27)23-19-21-10-16-6-7-26(11-18(16)25-19)20(29)22-9-15-4-3-5-17(8-15)24-14(2)28/h3-5,8,10,13,27H,6-7,9,11-12H2,1-2H3,(H,22,29)(H,24,28)(H,21,23,25)/t13-/m0/s1. The minimum absolute atomic E-state index is 0.0158. The highest BCUT2D eigenvalue weighted by Gasteiger charge is 2.22. The summed E-state index contributed by atoms with van der Waals surface area (Å²) in [6.45, 7) is 4.63. The number of aromatic nitrogens is 2. The van der Waals surface area contributed by atoms with E-state index < -0.39 is 0 Å². The predicted molar refractivity (Wildman–Crippen MR) is 109 cm³/mol. The lowest BCUT2D eigenvalue weighted by molar-refractivity contribution is -0.114. The maximum Gasteiger partial charge on any atom is 0.318 e. The van der Waals surface area contributed by atoms with Crippen LogP contribution in [0.3, 0.4) is 0 Å². The molecule has 0 saturated carbocycles. The van der Waals surface area contributed by atoms with Gasteiger partial charge in [0.15, 0.2) is 0 Å². The summed E-state index contributed by atoms with van der Waals surface area (Å²) in [5.41, 5.74) is 3.43. The second-order valence-corrected chi connectivity index (χ2v) is 7.11. The van der Waals surface area contributed by atoms with Gasteiger partial charge in [0.2, 0.25) is 11.9 Å². The highest BCUT2D eigenvalue weighted by atomic mass is 16.3. The van der Waals surface area contributed by atoms with Crippen molar-refractivity contribution in [2.24, 2.45) is 0 Å². The van der Waals surface area contributed by atoms with Gasteiger partial charge in [-0.25, -0.2) is 14.8 Å². The Morgan fingerprint density at radius 1 is 1.34 bits per heavy atom. The van der Waals surface area contributed by atoms with E-state index in [0.29, 0.717) is 37.7 Å². The Labute approximate surface area is 169 Å². The van der Waals surface area contributed by atoms with Crippen molar-refractivity contribution < 1.29 is 14.7 Å². The molecule has 0 fully saturated rings. The van der Waals surface area contributed by atoms with Crippen molar-refractivity contribution in [3.05, 3.63) is 47.3 Å². The number of nitrogens with zero attached hydrogens (tertiary/aromatic N) is 3. The van der Waals surface area contributed by atoms with Crippen molar-refractivity contribution in [1.29, 1.82) is 0 Å². The van der Waals surface area contributed by atoms with Crippen LogP contribution in [0.2, 0.25) is 0 Å². The van der Waals surface area contributed by atoms with E-state index in [4.69, 9.17) is 5.11 Å². The van der Waals surface area contributed by atoms with Gasteiger partial charge in [-0.05, 0) is 36.6 Å². The topological polar surface area (TPSA) is 119 Å². The zero-order chi connectivity index (χ0) is 20.8. The molecular weight excluding hydrogens is 372 g/mol. The SMILES string of the molecule is CC(=O)Nc1cccc(CNC(=O)N2CCc3cnc(N[C@@H](C)CO)nc3C2)c1. The first-order valence-corrected chi connectivity index (χ1v) is 9.56. The average molecular weight is 398 g/mol. The Hall–Kier alpha value is -3.20. The van der Waals surface area contributed by atoms with E-state index >= 15 is 0 Å². The molecule has 0 saturated heterocycles. The molecule has 1 atom stereocenters. The summed E-state index contributed by atoms with van der Waals surface area (Å²) in [5.74, 6) is 0.310. The van der Waals surface area contributed by atoms with Gasteiger partial charge in [-0.1, -0.05) is 12.1 Å². The van der Waals surface area contributed by atoms with Crippen LogP contribution in [-0.4, -0.2) is 51.1 Å². The van der Waals surface area contributed by atoms with E-state index in [0.717, 1.165) is 16.8 Å². The van der Waals surface area contributed by atoms with Crippen LogP contribution in [0.4, 0.5) is 16.4 Å². The van der Waals surface area contributed by atoms with E-state index in [-0.39, 0.29) is 24.6 Å². The first-order valence-electron chi connectivity index (χ1n) is 9.56. The number of aliphatic hydroxyl groups excluding tert-OH is 1. The van der Waals surface area contributed by atoms with Gasteiger partial charge < -0.3 is 26.0 Å². The molecule has 1 aromatic heterocycles. The number of benzene rings is 1. The number of hydrogen-bond donors (Lipinski definition) is 4. The number of fused-ring (bicyclic) bond motifs is 1. The maximum atomic E-state index is 12.6. The molecule has 0 aliphatic carbocycles. The number of nitrogens with one attached hydrogen (secondary N) is 3. The summed E-state index contributed by atoms with van der Waals surface area (Å²) in [7, 11) is 0. The molecule has 2 aromatic rings. The number of hydrogen-bond acceptors (Lipinski definition) is 6. The van der Waals surface area contributed by atoms with Gasteiger partial charge in [0.25, 0.3) is 0 Å². The minimum atomic E-state index is -0.169. The van der Waals surface area contributed by atoms with Crippen LogP contribution in [0.5, 0.6) is 0 Å². The summed E-state index contributed by atoms with van der Waals surface area (Å²) in [5, 5.41) is 17.8. The summed E-state index contributed by atoms with van der Waals surface area (Å²) in [6, 6.07) is 7.05. The summed E-state index contributed by atoms with van der Waals surface area (Å²) in [6.07, 6.45) is 2.47. The van der Waals surface area contributed by atoms with E-state index in [1.54, 1.807) is 17.2 Å². The van der Waals surface area contributed by atoms with Crippen LogP contribution in [0, 0.1) is 0 Å². The van der Waals surface area contributed by atoms with Gasteiger partial charge in [0, 0.05) is 37.9 Å². The van der Waals surface area contributed by atoms with Gasteiger partial charge in [-0.2, -0.15) is 0 Å². The molecule has 1 aromatic carbocycles. The Kier molecular flexibility index (Phi) is 6.61. The summed E-state index contributed by atoms with van der Waals surface area (Å²) < 4.78 is 0. The van der Waals surface area contributed by atoms with Crippen LogP contribution in [-0.2, 0) is 24.3 Å². The predicted octanol–water partition coefficient (Wildman–Crippen LogP) is 1.50. The van der Waals surface area contributed by atoms with Crippen LogP contribution >= 0.6 is 0 Å². The molecule has 0 spiro atoms. The highest BCUT2D eigenvalue weighted by molar-refractivity contribution is 5.88. The summed E-state index contributed by atoms with van der Waals surface area (Å²) >= 11 is 0. The Balaban J connectivity index is 1.59. The van der Waals surface area contributed by atoms with Gasteiger partial charge >= 0.3 is 6.03 Å². The largest absolute Gasteiger partial charge is 0.394 e. The van der Waals surface area contributed by atoms with Crippen molar-refractivity contribution in [1.82, 2.24) is 20.2 Å². The molecule has 0 bridgehead atoms. The first-order chi connectivity index (χ1) is 13.9. The molecule has 9 heteroatoms. The Morgan fingerprint density at radius 3 is 2.93 bits per heavy atom. The Bertz CT molecular complexity index is 888. The van der Waals surface area contributed by atoms with E-state index in [1.165, 1.54) is 6.92 Å². The molecule has 2 heterocycles. The minimum Gasteiger partial charge on any atom is -0.394 e. The third-order valence-corrected chi connectivity index (χ3v) is 4.57. The number of amides is 3. The number of urea groups is 1. The third kappa shape index (κ3) is 5.64. The number of carbonyl (C=O) groups is 2. The van der Waals surface area contributed by atoms with E-state index in [1.807, 2.05) is 25.1 Å². The van der Waals surface area contributed by atoms with Gasteiger partial charge in [0.1, 0.15) is 0 Å². The molecule has 0 radical (unpaired) electrons. The van der Waals surface area contributed by atoms with Crippen molar-refractivity contribution in [3.8, 4) is 0 Å². The molecular formula is C20H26N6O3. The van der Waals surface area contributed by atoms with Crippen molar-refractivity contribution in [2.75, 3.05) is 23.8 Å². The van der Waals surface area contributed by atoms with Crippen LogP contribution in [0.25, 0.3) is 0 Å². The number of anilines is 2. The molecule has 29 heavy (non-hydrogen) atoms. The van der Waals surface area contributed by atoms with Crippen molar-refractivity contribution in [3.63, 3.8) is 0 Å². The summed E-state index contributed by atoms with van der Waals surface area (Å²) in [4.78, 5) is 34.3. The number of carbonyl (C=O) groups excluding carboxylic acids is 2. The zero-order valence-electron chi connectivity index (χ0n) is 16.6. The second kappa shape index (κ2) is 9.33. The van der Waals surface area contributed by atoms with E-state index in [9.17, 15) is 9.59 Å². The molecule has 3 rings (SSSR count). The monoisotopic (exact) mass is 398 g/mol. The van der Waals surface area contributed by atoms with Gasteiger partial charge in [-0.15, -0.1) is 0 Å². The molecule has 1 aliphatic heterocycles. The van der Waals surface area contributed by atoms with Crippen molar-refractivity contribution >= 4 is 23.6 Å². The smallest absolute Gasteiger partial charge is 0.318 e. The molecule has 4 N–H and O–H groups in total. The third-order valence-electron chi connectivity index (χ3n) is 4.57. The molecule has 9 nitrogen and oxygen atoms in total. The fourth-order valence-corrected chi connectivity index (χ4v) is 3.06. The fraction of sp³-hybridized carbons (Fsp3) is 0.400. The highest BCUT2D eigenvalue weighted by Crippen LogP contribution is 2.18. The lowest BCUT2D eigenvalue weighted by Crippen LogP contribution is -2.42. The van der Waals surface area contributed by atoms with Crippen molar-refractivity contribution in [2.45, 2.75) is 39.4 Å². The number of aliphatic hydroxyl groups is 1. The molecule has 1 aliphatic rings. The zero-order valence-corrected chi connectivity index (χ0v) is 16.6. The van der Waals surface area contributed by atoms with Gasteiger partial charge in [-0.3, -0.25) is 4.79 Å². The van der Waals surface area contributed by atoms with Gasteiger partial charge in [0.05, 0.1) is 18.8 Å². The fourth-order valence-electron chi connectivity index (χ4n) is 3.06. The average Bonchev–Trinajstić information content (AvgIpc) is 2.71.